The number of fused-ring (bicyclic) bond motifs is 4. The molecule has 2 bridgehead atoms. The van der Waals surface area contributed by atoms with Crippen molar-refractivity contribution in [3.63, 3.8) is 0 Å². The molecule has 0 spiro atoms. The molecule has 0 saturated carbocycles. The second-order valence-corrected chi connectivity index (χ2v) is 11.2. The van der Waals surface area contributed by atoms with Gasteiger partial charge in [-0.05, 0) is 61.2 Å². The van der Waals surface area contributed by atoms with Gasteiger partial charge in [0.05, 0.1) is 5.41 Å². The standard InChI is InChI=1S/C30H32FN5O3/c1-30(2,28(38)32-3)16-39-29-34-26-23(27(35-29)36-14-18-8-9-19(15-36)33-18)11-10-22(25(26)31)24-13-20(37)12-17-6-4-5-7-21(17)24/h4-7,10-13,18-19,33,37H,8-9,14-16H2,1-3H3,(H,32,38)/t18-,19+. The van der Waals surface area contributed by atoms with Crippen LogP contribution in [0.3, 0.4) is 0 Å². The normalized spacial score (nSPS) is 19.0. The number of hydrogen-bond donors (Lipinski definition) is 3. The van der Waals surface area contributed by atoms with Gasteiger partial charge in [-0.15, -0.1) is 0 Å². The lowest BCUT2D eigenvalue weighted by atomic mass is 9.94. The van der Waals surface area contributed by atoms with Crippen LogP contribution in [0, 0.1) is 11.2 Å². The number of hydrogen-bond acceptors (Lipinski definition) is 7. The van der Waals surface area contributed by atoms with E-state index in [1.807, 2.05) is 30.3 Å². The van der Waals surface area contributed by atoms with E-state index < -0.39 is 11.2 Å². The van der Waals surface area contributed by atoms with Crippen LogP contribution in [0.1, 0.15) is 26.7 Å². The highest BCUT2D eigenvalue weighted by atomic mass is 19.1. The van der Waals surface area contributed by atoms with Gasteiger partial charge in [-0.3, -0.25) is 4.79 Å². The maximum atomic E-state index is 16.4. The van der Waals surface area contributed by atoms with E-state index in [0.717, 1.165) is 36.7 Å². The summed E-state index contributed by atoms with van der Waals surface area (Å²) in [6, 6.07) is 15.1. The lowest BCUT2D eigenvalue weighted by molar-refractivity contribution is -0.130. The number of piperazine rings is 1. The molecular weight excluding hydrogens is 497 g/mol. The van der Waals surface area contributed by atoms with Gasteiger partial charge in [0, 0.05) is 43.2 Å². The number of aromatic nitrogens is 2. The largest absolute Gasteiger partial charge is 0.508 e. The summed E-state index contributed by atoms with van der Waals surface area (Å²) in [5.74, 6) is -0.00692. The van der Waals surface area contributed by atoms with Gasteiger partial charge in [0.15, 0.2) is 5.82 Å². The van der Waals surface area contributed by atoms with Crippen molar-refractivity contribution < 1.29 is 19.0 Å². The molecule has 2 atom stereocenters. The molecule has 0 radical (unpaired) electrons. The van der Waals surface area contributed by atoms with Crippen molar-refractivity contribution in [1.82, 2.24) is 20.6 Å². The molecule has 8 nitrogen and oxygen atoms in total. The molecule has 6 rings (SSSR count). The highest BCUT2D eigenvalue weighted by molar-refractivity contribution is 6.01. The molecule has 3 aromatic carbocycles. The number of benzene rings is 3. The first-order valence-corrected chi connectivity index (χ1v) is 13.3. The Labute approximate surface area is 226 Å². The summed E-state index contributed by atoms with van der Waals surface area (Å²) < 4.78 is 22.4. The first-order chi connectivity index (χ1) is 18.7. The minimum Gasteiger partial charge on any atom is -0.508 e. The Morgan fingerprint density at radius 2 is 1.85 bits per heavy atom. The SMILES string of the molecule is CNC(=O)C(C)(C)COc1nc(N2C[C@H]3CC[C@@H](C2)N3)c2ccc(-c3cc(O)cc4ccccc34)c(F)c2n1. The van der Waals surface area contributed by atoms with E-state index in [2.05, 4.69) is 20.5 Å². The molecule has 3 heterocycles. The maximum Gasteiger partial charge on any atom is 0.319 e. The van der Waals surface area contributed by atoms with Gasteiger partial charge in [0.25, 0.3) is 0 Å². The minimum atomic E-state index is -0.831. The van der Waals surface area contributed by atoms with Crippen molar-refractivity contribution in [3.05, 3.63) is 54.3 Å². The average Bonchev–Trinajstić information content (AvgIpc) is 3.28. The van der Waals surface area contributed by atoms with Crippen LogP contribution in [-0.2, 0) is 4.79 Å². The van der Waals surface area contributed by atoms with Gasteiger partial charge >= 0.3 is 6.01 Å². The van der Waals surface area contributed by atoms with Crippen LogP contribution >= 0.6 is 0 Å². The summed E-state index contributed by atoms with van der Waals surface area (Å²) in [7, 11) is 1.58. The zero-order valence-electron chi connectivity index (χ0n) is 22.3. The summed E-state index contributed by atoms with van der Waals surface area (Å²) in [4.78, 5) is 23.8. The third-order valence-electron chi connectivity index (χ3n) is 7.82. The highest BCUT2D eigenvalue weighted by Crippen LogP contribution is 2.39. The number of phenols is 1. The fourth-order valence-corrected chi connectivity index (χ4v) is 5.78. The van der Waals surface area contributed by atoms with Gasteiger partial charge < -0.3 is 25.4 Å². The third kappa shape index (κ3) is 4.61. The molecule has 39 heavy (non-hydrogen) atoms. The van der Waals surface area contributed by atoms with Gasteiger partial charge in [-0.25, -0.2) is 4.39 Å². The second kappa shape index (κ2) is 9.64. The van der Waals surface area contributed by atoms with Crippen molar-refractivity contribution in [2.75, 3.05) is 31.6 Å². The Morgan fingerprint density at radius 3 is 2.59 bits per heavy atom. The van der Waals surface area contributed by atoms with E-state index in [0.29, 0.717) is 34.4 Å². The first-order valence-electron chi connectivity index (χ1n) is 13.3. The number of aromatic hydroxyl groups is 1. The molecule has 1 aromatic heterocycles. The van der Waals surface area contributed by atoms with Crippen LogP contribution in [0.4, 0.5) is 10.2 Å². The molecule has 0 unspecified atom stereocenters. The van der Waals surface area contributed by atoms with Crippen molar-refractivity contribution in [1.29, 1.82) is 0 Å². The van der Waals surface area contributed by atoms with E-state index in [1.165, 1.54) is 0 Å². The van der Waals surface area contributed by atoms with E-state index in [4.69, 9.17) is 9.72 Å². The Bertz CT molecular complexity index is 1580. The zero-order chi connectivity index (χ0) is 27.3. The number of carbonyl (C=O) groups excluding carboxylic acids is 1. The molecule has 202 valence electrons. The van der Waals surface area contributed by atoms with Crippen LogP contribution in [-0.4, -0.2) is 59.8 Å². The molecule has 2 aliphatic rings. The first kappa shape index (κ1) is 25.3. The van der Waals surface area contributed by atoms with Gasteiger partial charge in [-0.2, -0.15) is 9.97 Å². The number of amides is 1. The molecular formula is C30H32FN5O3. The molecule has 4 aromatic rings. The lowest BCUT2D eigenvalue weighted by Gasteiger charge is -2.34. The van der Waals surface area contributed by atoms with Crippen LogP contribution in [0.15, 0.2) is 48.5 Å². The summed E-state index contributed by atoms with van der Waals surface area (Å²) >= 11 is 0. The molecule has 3 N–H and O–H groups in total. The fourth-order valence-electron chi connectivity index (χ4n) is 5.78. The third-order valence-corrected chi connectivity index (χ3v) is 7.82. The minimum absolute atomic E-state index is 0.0252. The monoisotopic (exact) mass is 529 g/mol. The second-order valence-electron chi connectivity index (χ2n) is 11.2. The Kier molecular flexibility index (Phi) is 6.26. The number of phenolic OH excluding ortho intramolecular Hbond substituents is 1. The fraction of sp³-hybridized carbons (Fsp3) is 0.367. The Hall–Kier alpha value is -3.98. The van der Waals surface area contributed by atoms with E-state index >= 15 is 4.39 Å². The van der Waals surface area contributed by atoms with Crippen LogP contribution < -0.4 is 20.3 Å². The molecule has 2 saturated heterocycles. The molecule has 2 aliphatic heterocycles. The van der Waals surface area contributed by atoms with Crippen molar-refractivity contribution in [2.45, 2.75) is 38.8 Å². The van der Waals surface area contributed by atoms with Crippen LogP contribution in [0.25, 0.3) is 32.8 Å². The highest BCUT2D eigenvalue weighted by Gasteiger charge is 2.34. The predicted octanol–water partition coefficient (Wildman–Crippen LogP) is 4.39. The number of anilines is 1. The summed E-state index contributed by atoms with van der Waals surface area (Å²) in [6.45, 7) is 5.09. The average molecular weight is 530 g/mol. The molecule has 9 heteroatoms. The number of nitrogens with zero attached hydrogens (tertiary/aromatic N) is 3. The summed E-state index contributed by atoms with van der Waals surface area (Å²) in [5, 5.41) is 18.9. The quantitative estimate of drug-likeness (QED) is 0.341. The van der Waals surface area contributed by atoms with E-state index in [-0.39, 0.29) is 29.8 Å². The number of nitrogens with one attached hydrogen (secondary N) is 2. The van der Waals surface area contributed by atoms with Crippen LogP contribution in [0.2, 0.25) is 0 Å². The predicted molar refractivity (Wildman–Crippen MR) is 150 cm³/mol. The van der Waals surface area contributed by atoms with Crippen molar-refractivity contribution in [3.8, 4) is 22.9 Å². The lowest BCUT2D eigenvalue weighted by Crippen LogP contribution is -2.51. The molecule has 1 amide bonds. The van der Waals surface area contributed by atoms with Gasteiger partial charge in [-0.1, -0.05) is 30.3 Å². The molecule has 0 aliphatic carbocycles. The Balaban J connectivity index is 1.49. The topological polar surface area (TPSA) is 99.6 Å². The number of halogens is 1. The van der Waals surface area contributed by atoms with Crippen molar-refractivity contribution in [2.24, 2.45) is 5.41 Å². The zero-order valence-corrected chi connectivity index (χ0v) is 22.3. The smallest absolute Gasteiger partial charge is 0.319 e. The van der Waals surface area contributed by atoms with Gasteiger partial charge in [0.2, 0.25) is 5.91 Å². The summed E-state index contributed by atoms with van der Waals surface area (Å²) in [5.41, 5.74) is 0.218. The molecule has 2 fully saturated rings. The Morgan fingerprint density at radius 1 is 1.10 bits per heavy atom. The number of carbonyl (C=O) groups is 1. The van der Waals surface area contributed by atoms with E-state index in [1.54, 1.807) is 39.1 Å². The van der Waals surface area contributed by atoms with Crippen LogP contribution in [0.5, 0.6) is 11.8 Å². The van der Waals surface area contributed by atoms with Crippen molar-refractivity contribution >= 4 is 33.4 Å². The maximum absolute atomic E-state index is 16.4. The number of rotatable bonds is 6. The number of ether oxygens (including phenoxy) is 1. The summed E-state index contributed by atoms with van der Waals surface area (Å²) in [6.07, 6.45) is 2.19. The van der Waals surface area contributed by atoms with E-state index in [9.17, 15) is 9.90 Å². The van der Waals surface area contributed by atoms with Gasteiger partial charge in [0.1, 0.15) is 23.7 Å².